The van der Waals surface area contributed by atoms with Crippen molar-refractivity contribution in [3.8, 4) is 0 Å². The molecule has 2 saturated heterocycles. The Morgan fingerprint density at radius 3 is 2.71 bits per heavy atom. The van der Waals surface area contributed by atoms with Crippen LogP contribution < -0.4 is 5.32 Å². The van der Waals surface area contributed by atoms with Gasteiger partial charge in [0.15, 0.2) is 0 Å². The summed E-state index contributed by atoms with van der Waals surface area (Å²) < 4.78 is 5.54. The topological polar surface area (TPSA) is 24.5 Å². The second-order valence-electron chi connectivity index (χ2n) is 6.23. The summed E-state index contributed by atoms with van der Waals surface area (Å²) in [5.41, 5.74) is 2.70. The maximum Gasteiger partial charge on any atom is 0.0480 e. The molecule has 1 N–H and O–H groups in total. The molecule has 4 heteroatoms. The number of nitrogens with one attached hydrogen (secondary N) is 1. The third kappa shape index (κ3) is 3.78. The van der Waals surface area contributed by atoms with Crippen molar-refractivity contribution < 1.29 is 4.74 Å². The fourth-order valence-electron chi connectivity index (χ4n) is 3.53. The SMILES string of the molecule is Cc1cc(Cl)ccc1CN(C1CCOCC1)[C@H]1CCNC1. The third-order valence-corrected chi connectivity index (χ3v) is 5.06. The molecule has 2 fully saturated rings. The number of benzene rings is 1. The quantitative estimate of drug-likeness (QED) is 0.925. The molecule has 116 valence electrons. The molecule has 3 nitrogen and oxygen atoms in total. The lowest BCUT2D eigenvalue weighted by Crippen LogP contribution is -2.46. The summed E-state index contributed by atoms with van der Waals surface area (Å²) >= 11 is 6.09. The van der Waals surface area contributed by atoms with Crippen LogP contribution in [0.1, 0.15) is 30.4 Å². The Hall–Kier alpha value is -0.610. The molecule has 0 aromatic heterocycles. The van der Waals surface area contributed by atoms with Crippen LogP contribution >= 0.6 is 11.6 Å². The van der Waals surface area contributed by atoms with Gasteiger partial charge in [-0.25, -0.2) is 0 Å². The van der Waals surface area contributed by atoms with E-state index in [1.54, 1.807) is 0 Å². The van der Waals surface area contributed by atoms with Gasteiger partial charge in [0, 0.05) is 43.4 Å². The summed E-state index contributed by atoms with van der Waals surface area (Å²) in [5, 5.41) is 4.34. The lowest BCUT2D eigenvalue weighted by molar-refractivity contribution is 0.0158. The maximum atomic E-state index is 6.09. The summed E-state index contributed by atoms with van der Waals surface area (Å²) in [6, 6.07) is 7.58. The Morgan fingerprint density at radius 1 is 1.24 bits per heavy atom. The largest absolute Gasteiger partial charge is 0.381 e. The molecule has 0 unspecified atom stereocenters. The molecule has 0 aliphatic carbocycles. The first kappa shape index (κ1) is 15.3. The predicted molar refractivity (Wildman–Crippen MR) is 86.8 cm³/mol. The average molecular weight is 309 g/mol. The van der Waals surface area contributed by atoms with Gasteiger partial charge in [0.25, 0.3) is 0 Å². The van der Waals surface area contributed by atoms with E-state index in [-0.39, 0.29) is 0 Å². The van der Waals surface area contributed by atoms with Gasteiger partial charge in [-0.05, 0) is 56.0 Å². The van der Waals surface area contributed by atoms with Crippen molar-refractivity contribution in [2.75, 3.05) is 26.3 Å². The van der Waals surface area contributed by atoms with E-state index in [2.05, 4.69) is 29.3 Å². The Labute approximate surface area is 132 Å². The molecule has 0 spiro atoms. The number of ether oxygens (including phenoxy) is 1. The fourth-order valence-corrected chi connectivity index (χ4v) is 3.76. The van der Waals surface area contributed by atoms with Crippen LogP contribution in [0.25, 0.3) is 0 Å². The van der Waals surface area contributed by atoms with Crippen molar-refractivity contribution in [3.63, 3.8) is 0 Å². The van der Waals surface area contributed by atoms with E-state index in [0.717, 1.165) is 50.7 Å². The maximum absolute atomic E-state index is 6.09. The minimum Gasteiger partial charge on any atom is -0.381 e. The van der Waals surface area contributed by atoms with Crippen molar-refractivity contribution in [2.24, 2.45) is 0 Å². The van der Waals surface area contributed by atoms with E-state index in [9.17, 15) is 0 Å². The Bertz CT molecular complexity index is 468. The molecule has 1 atom stereocenters. The van der Waals surface area contributed by atoms with Gasteiger partial charge in [0.1, 0.15) is 0 Å². The Kier molecular flexibility index (Phi) is 5.17. The van der Waals surface area contributed by atoms with E-state index in [4.69, 9.17) is 16.3 Å². The Balaban J connectivity index is 1.77. The minimum absolute atomic E-state index is 0.652. The molecule has 0 radical (unpaired) electrons. The Morgan fingerprint density at radius 2 is 2.05 bits per heavy atom. The third-order valence-electron chi connectivity index (χ3n) is 4.82. The van der Waals surface area contributed by atoms with Crippen LogP contribution in [0.4, 0.5) is 0 Å². The summed E-state index contributed by atoms with van der Waals surface area (Å²) in [5.74, 6) is 0. The van der Waals surface area contributed by atoms with Crippen LogP contribution in [0, 0.1) is 6.92 Å². The van der Waals surface area contributed by atoms with Crippen molar-refractivity contribution in [2.45, 2.75) is 44.8 Å². The zero-order valence-corrected chi connectivity index (χ0v) is 13.5. The molecular weight excluding hydrogens is 284 g/mol. The van der Waals surface area contributed by atoms with Crippen molar-refractivity contribution in [1.29, 1.82) is 0 Å². The van der Waals surface area contributed by atoms with Crippen LogP contribution in [0.15, 0.2) is 18.2 Å². The van der Waals surface area contributed by atoms with Crippen LogP contribution in [0.2, 0.25) is 5.02 Å². The van der Waals surface area contributed by atoms with Crippen molar-refractivity contribution in [1.82, 2.24) is 10.2 Å². The number of hydrogen-bond donors (Lipinski definition) is 1. The summed E-state index contributed by atoms with van der Waals surface area (Å²) in [6.45, 7) is 7.26. The van der Waals surface area contributed by atoms with Crippen LogP contribution in [0.3, 0.4) is 0 Å². The minimum atomic E-state index is 0.652. The van der Waals surface area contributed by atoms with E-state index in [1.165, 1.54) is 17.5 Å². The van der Waals surface area contributed by atoms with Gasteiger partial charge < -0.3 is 10.1 Å². The highest BCUT2D eigenvalue weighted by atomic mass is 35.5. The van der Waals surface area contributed by atoms with Crippen LogP contribution in [-0.4, -0.2) is 43.3 Å². The van der Waals surface area contributed by atoms with Gasteiger partial charge in [-0.1, -0.05) is 17.7 Å². The smallest absolute Gasteiger partial charge is 0.0480 e. The highest BCUT2D eigenvalue weighted by molar-refractivity contribution is 6.30. The first-order chi connectivity index (χ1) is 10.2. The highest BCUT2D eigenvalue weighted by Crippen LogP contribution is 2.25. The molecule has 2 aliphatic heterocycles. The van der Waals surface area contributed by atoms with Gasteiger partial charge in [0.2, 0.25) is 0 Å². The van der Waals surface area contributed by atoms with Crippen molar-refractivity contribution >= 4 is 11.6 Å². The van der Waals surface area contributed by atoms with Crippen LogP contribution in [0.5, 0.6) is 0 Å². The number of halogens is 1. The number of hydrogen-bond acceptors (Lipinski definition) is 3. The molecule has 2 aliphatic rings. The summed E-state index contributed by atoms with van der Waals surface area (Å²) in [6.07, 6.45) is 3.57. The molecule has 2 heterocycles. The second-order valence-corrected chi connectivity index (χ2v) is 6.67. The lowest BCUT2D eigenvalue weighted by atomic mass is 10.0. The molecule has 3 rings (SSSR count). The molecule has 0 bridgehead atoms. The average Bonchev–Trinajstić information content (AvgIpc) is 3.01. The number of nitrogens with zero attached hydrogens (tertiary/aromatic N) is 1. The highest BCUT2D eigenvalue weighted by Gasteiger charge is 2.30. The second kappa shape index (κ2) is 7.10. The van der Waals surface area contributed by atoms with Crippen molar-refractivity contribution in [3.05, 3.63) is 34.3 Å². The summed E-state index contributed by atoms with van der Waals surface area (Å²) in [7, 11) is 0. The zero-order chi connectivity index (χ0) is 14.7. The van der Waals surface area contributed by atoms with Gasteiger partial charge >= 0.3 is 0 Å². The monoisotopic (exact) mass is 308 g/mol. The first-order valence-corrected chi connectivity index (χ1v) is 8.41. The first-order valence-electron chi connectivity index (χ1n) is 8.03. The zero-order valence-electron chi connectivity index (χ0n) is 12.8. The van der Waals surface area contributed by atoms with E-state index >= 15 is 0 Å². The van der Waals surface area contributed by atoms with E-state index in [1.807, 2.05) is 6.07 Å². The molecule has 0 saturated carbocycles. The molecule has 0 amide bonds. The lowest BCUT2D eigenvalue weighted by Gasteiger charge is -2.38. The molecular formula is C17H25ClN2O. The normalized spacial score (nSPS) is 23.9. The standard InChI is InChI=1S/C17H25ClN2O/c1-13-10-15(18)3-2-14(13)12-20(17-4-7-19-11-17)16-5-8-21-9-6-16/h2-3,10,16-17,19H,4-9,11-12H2,1H3/t17-/m0/s1. The van der Waals surface area contributed by atoms with Gasteiger partial charge in [-0.2, -0.15) is 0 Å². The molecule has 1 aromatic rings. The van der Waals surface area contributed by atoms with Gasteiger partial charge in [-0.3, -0.25) is 4.90 Å². The number of aryl methyl sites for hydroxylation is 1. The molecule has 21 heavy (non-hydrogen) atoms. The van der Waals surface area contributed by atoms with Crippen LogP contribution in [-0.2, 0) is 11.3 Å². The van der Waals surface area contributed by atoms with Gasteiger partial charge in [-0.15, -0.1) is 0 Å². The number of rotatable bonds is 4. The van der Waals surface area contributed by atoms with E-state index in [0.29, 0.717) is 12.1 Å². The van der Waals surface area contributed by atoms with E-state index < -0.39 is 0 Å². The predicted octanol–water partition coefficient (Wildman–Crippen LogP) is 2.99. The summed E-state index contributed by atoms with van der Waals surface area (Å²) in [4.78, 5) is 2.71. The molecule has 1 aromatic carbocycles. The van der Waals surface area contributed by atoms with Gasteiger partial charge in [0.05, 0.1) is 0 Å². The fraction of sp³-hybridized carbons (Fsp3) is 0.647.